The number of benzene rings is 2. The molecule has 1 N–H and O–H groups in total. The Balaban J connectivity index is 0.00000103. The molecule has 2 heterocycles. The van der Waals surface area contributed by atoms with Crippen molar-refractivity contribution in [1.82, 2.24) is 14.8 Å². The van der Waals surface area contributed by atoms with Crippen LogP contribution in [0.25, 0.3) is 0 Å². The number of nitrogens with zero attached hydrogens (tertiary/aromatic N) is 3. The second-order valence-corrected chi connectivity index (χ2v) is 10.1. The molecular formula is C30H27F4N3O3. The molecular weight excluding hydrogens is 526 g/mol. The van der Waals surface area contributed by atoms with E-state index in [0.29, 0.717) is 29.3 Å². The van der Waals surface area contributed by atoms with E-state index in [2.05, 4.69) is 17.0 Å². The Hall–Kier alpha value is -4.21. The molecule has 6 rings (SSSR count). The second kappa shape index (κ2) is 11.1. The van der Waals surface area contributed by atoms with Crippen molar-refractivity contribution in [2.45, 2.75) is 50.9 Å². The molecule has 6 nitrogen and oxygen atoms in total. The number of ether oxygens (including phenoxy) is 1. The summed E-state index contributed by atoms with van der Waals surface area (Å²) in [6, 6.07) is 12.0. The lowest BCUT2D eigenvalue weighted by Crippen LogP contribution is -2.12. The number of fused-ring (bicyclic) bond motifs is 2. The Morgan fingerprint density at radius 3 is 2.55 bits per heavy atom. The lowest BCUT2D eigenvalue weighted by molar-refractivity contribution is -0.138. The van der Waals surface area contributed by atoms with E-state index >= 15 is 4.39 Å². The maximum absolute atomic E-state index is 15.3. The number of pyridine rings is 1. The molecule has 2 aromatic heterocycles. The van der Waals surface area contributed by atoms with Crippen molar-refractivity contribution in [2.24, 2.45) is 5.92 Å². The number of rotatable bonds is 5. The van der Waals surface area contributed by atoms with Crippen LogP contribution in [0.2, 0.25) is 0 Å². The molecule has 0 saturated heterocycles. The molecule has 40 heavy (non-hydrogen) atoms. The largest absolute Gasteiger partial charge is 0.483 e. The Morgan fingerprint density at radius 2 is 1.82 bits per heavy atom. The topological polar surface area (TPSA) is 77.2 Å². The van der Waals surface area contributed by atoms with Gasteiger partial charge in [-0.1, -0.05) is 25.1 Å². The van der Waals surface area contributed by atoms with Crippen molar-refractivity contribution in [3.63, 3.8) is 0 Å². The number of carbonyl (C=O) groups is 1. The third-order valence-electron chi connectivity index (χ3n) is 7.50. The standard InChI is InChI=1S/C29H25F4N3O.CH2O2/c1-17-9-18-12-28(34-15-19(18)10-17)37-16-20-11-22-23(21-5-2-3-6-25(21)29(31,32)33)14-27(24(22)13-26(20)30)36-8-4-7-35-36;2-1-3/h2-8,11-13,15,17,23,27H,9-10,14,16H2,1H3;1H,(H,2,3). The zero-order valence-electron chi connectivity index (χ0n) is 21.6. The fourth-order valence-corrected chi connectivity index (χ4v) is 5.83. The Bertz CT molecular complexity index is 1500. The Labute approximate surface area is 228 Å². The normalized spacial score (nSPS) is 19.4. The number of alkyl halides is 3. The first-order chi connectivity index (χ1) is 19.2. The lowest BCUT2D eigenvalue weighted by Gasteiger charge is -2.19. The number of hydrogen-bond donors (Lipinski definition) is 1. The highest BCUT2D eigenvalue weighted by molar-refractivity contribution is 5.49. The molecule has 4 aromatic rings. The molecule has 10 heteroatoms. The van der Waals surface area contributed by atoms with Crippen molar-refractivity contribution in [2.75, 3.05) is 0 Å². The molecule has 3 atom stereocenters. The van der Waals surface area contributed by atoms with Gasteiger partial charge in [-0.25, -0.2) is 9.37 Å². The molecule has 2 aliphatic carbocycles. The van der Waals surface area contributed by atoms with E-state index in [1.807, 2.05) is 12.3 Å². The summed E-state index contributed by atoms with van der Waals surface area (Å²) in [4.78, 5) is 12.7. The van der Waals surface area contributed by atoms with Gasteiger partial charge in [0.05, 0.1) is 11.6 Å². The van der Waals surface area contributed by atoms with Gasteiger partial charge in [-0.3, -0.25) is 9.48 Å². The van der Waals surface area contributed by atoms with Crippen LogP contribution in [-0.4, -0.2) is 26.3 Å². The minimum Gasteiger partial charge on any atom is -0.483 e. The molecule has 2 aliphatic rings. The van der Waals surface area contributed by atoms with Crippen LogP contribution in [0.3, 0.4) is 0 Å². The first kappa shape index (κ1) is 27.4. The highest BCUT2D eigenvalue weighted by atomic mass is 19.4. The van der Waals surface area contributed by atoms with E-state index in [4.69, 9.17) is 14.6 Å². The molecule has 208 valence electrons. The van der Waals surface area contributed by atoms with Crippen molar-refractivity contribution < 1.29 is 32.2 Å². The number of hydrogen-bond acceptors (Lipinski definition) is 4. The van der Waals surface area contributed by atoms with Crippen molar-refractivity contribution >= 4 is 6.47 Å². The van der Waals surface area contributed by atoms with E-state index in [1.54, 1.807) is 35.3 Å². The van der Waals surface area contributed by atoms with Gasteiger partial charge in [0.2, 0.25) is 5.88 Å². The van der Waals surface area contributed by atoms with Gasteiger partial charge < -0.3 is 9.84 Å². The number of carboxylic acid groups (broad SMARTS) is 1. The van der Waals surface area contributed by atoms with Crippen LogP contribution < -0.4 is 4.74 Å². The summed E-state index contributed by atoms with van der Waals surface area (Å²) in [5.74, 6) is -0.0574. The van der Waals surface area contributed by atoms with Crippen LogP contribution in [0, 0.1) is 11.7 Å². The van der Waals surface area contributed by atoms with Crippen LogP contribution in [0.5, 0.6) is 5.88 Å². The van der Waals surface area contributed by atoms with Crippen LogP contribution in [0.15, 0.2) is 67.1 Å². The molecule has 2 aromatic carbocycles. The van der Waals surface area contributed by atoms with Crippen LogP contribution >= 0.6 is 0 Å². The number of halogens is 4. The highest BCUT2D eigenvalue weighted by Gasteiger charge is 2.40. The summed E-state index contributed by atoms with van der Waals surface area (Å²) in [7, 11) is 0. The summed E-state index contributed by atoms with van der Waals surface area (Å²) in [6.45, 7) is 1.87. The average molecular weight is 554 g/mol. The third-order valence-corrected chi connectivity index (χ3v) is 7.50. The Kier molecular flexibility index (Phi) is 7.60. The molecule has 0 radical (unpaired) electrons. The van der Waals surface area contributed by atoms with Gasteiger partial charge in [-0.2, -0.15) is 18.3 Å². The SMILES string of the molecule is CC1Cc2cnc(OCc3cc4c(cc3F)C(n3cccn3)CC4c3ccccc3C(F)(F)F)cc2C1.O=CO. The van der Waals surface area contributed by atoms with Gasteiger partial charge in [-0.15, -0.1) is 0 Å². The molecule has 0 amide bonds. The first-order valence-corrected chi connectivity index (χ1v) is 12.9. The van der Waals surface area contributed by atoms with Crippen molar-refractivity contribution in [1.29, 1.82) is 0 Å². The smallest absolute Gasteiger partial charge is 0.416 e. The van der Waals surface area contributed by atoms with Gasteiger partial charge in [0.25, 0.3) is 6.47 Å². The van der Waals surface area contributed by atoms with Crippen LogP contribution in [0.4, 0.5) is 17.6 Å². The molecule has 3 unspecified atom stereocenters. The summed E-state index contributed by atoms with van der Waals surface area (Å²) in [6.07, 6.45) is 2.96. The average Bonchev–Trinajstić information content (AvgIpc) is 3.65. The minimum absolute atomic E-state index is 0.0689. The van der Waals surface area contributed by atoms with Crippen LogP contribution in [-0.2, 0) is 30.4 Å². The minimum atomic E-state index is -4.50. The molecule has 0 bridgehead atoms. The fraction of sp³-hybridized carbons (Fsp3) is 0.300. The maximum Gasteiger partial charge on any atom is 0.416 e. The highest BCUT2D eigenvalue weighted by Crippen LogP contribution is 2.49. The van der Waals surface area contributed by atoms with Gasteiger partial charge in [0.15, 0.2) is 0 Å². The lowest BCUT2D eigenvalue weighted by atomic mass is 9.88. The van der Waals surface area contributed by atoms with E-state index in [0.717, 1.165) is 18.9 Å². The van der Waals surface area contributed by atoms with Gasteiger partial charge in [-0.05, 0) is 77.3 Å². The summed E-state index contributed by atoms with van der Waals surface area (Å²) >= 11 is 0. The zero-order valence-corrected chi connectivity index (χ0v) is 21.6. The zero-order chi connectivity index (χ0) is 28.4. The van der Waals surface area contributed by atoms with E-state index in [-0.39, 0.29) is 30.2 Å². The van der Waals surface area contributed by atoms with Crippen molar-refractivity contribution in [3.05, 3.63) is 112 Å². The monoisotopic (exact) mass is 553 g/mol. The summed E-state index contributed by atoms with van der Waals surface area (Å²) in [5, 5.41) is 11.2. The van der Waals surface area contributed by atoms with Gasteiger partial charge in [0.1, 0.15) is 12.4 Å². The molecule has 0 spiro atoms. The first-order valence-electron chi connectivity index (χ1n) is 12.9. The molecule has 0 fully saturated rings. The van der Waals surface area contributed by atoms with Crippen molar-refractivity contribution in [3.8, 4) is 5.88 Å². The summed E-state index contributed by atoms with van der Waals surface area (Å²) < 4.78 is 64.6. The van der Waals surface area contributed by atoms with E-state index < -0.39 is 23.5 Å². The van der Waals surface area contributed by atoms with Gasteiger partial charge >= 0.3 is 6.18 Å². The summed E-state index contributed by atoms with van der Waals surface area (Å²) in [5.41, 5.74) is 3.48. The predicted octanol–water partition coefficient (Wildman–Crippen LogP) is 6.58. The third kappa shape index (κ3) is 5.43. The Morgan fingerprint density at radius 1 is 1.07 bits per heavy atom. The van der Waals surface area contributed by atoms with Gasteiger partial charge in [0, 0.05) is 36.1 Å². The quantitative estimate of drug-likeness (QED) is 0.223. The fourth-order valence-electron chi connectivity index (χ4n) is 5.83. The van der Waals surface area contributed by atoms with Crippen LogP contribution in [0.1, 0.15) is 64.2 Å². The second-order valence-electron chi connectivity index (χ2n) is 10.1. The van der Waals surface area contributed by atoms with E-state index in [9.17, 15) is 13.2 Å². The maximum atomic E-state index is 15.3. The number of aromatic nitrogens is 3. The molecule has 0 aliphatic heterocycles. The predicted molar refractivity (Wildman–Crippen MR) is 139 cm³/mol. The molecule has 0 saturated carbocycles. The van der Waals surface area contributed by atoms with E-state index in [1.165, 1.54) is 29.3 Å².